The number of carboxylic acids is 1. The van der Waals surface area contributed by atoms with Gasteiger partial charge in [-0.3, -0.25) is 9.10 Å². The lowest BCUT2D eigenvalue weighted by Crippen LogP contribution is -2.33. The molecule has 5 nitrogen and oxygen atoms in total. The number of hydrogen-bond acceptors (Lipinski definition) is 3. The lowest BCUT2D eigenvalue weighted by Gasteiger charge is -2.28. The Hall–Kier alpha value is -1.76. The van der Waals surface area contributed by atoms with E-state index in [1.165, 1.54) is 22.5 Å². The number of anilines is 1. The summed E-state index contributed by atoms with van der Waals surface area (Å²) in [5.74, 6) is -0.973. The molecule has 0 fully saturated rings. The molecule has 0 unspecified atom stereocenters. The van der Waals surface area contributed by atoms with Crippen molar-refractivity contribution >= 4 is 44.9 Å². The molecule has 27 heavy (non-hydrogen) atoms. The number of rotatable bonds is 7. The minimum absolute atomic E-state index is 0.00611. The highest BCUT2D eigenvalue weighted by molar-refractivity contribution is 7.92. The van der Waals surface area contributed by atoms with Crippen molar-refractivity contribution in [2.75, 3.05) is 10.8 Å². The number of nitrogens with zero attached hydrogens (tertiary/aromatic N) is 1. The van der Waals surface area contributed by atoms with Gasteiger partial charge in [0.15, 0.2) is 0 Å². The van der Waals surface area contributed by atoms with Crippen LogP contribution in [-0.4, -0.2) is 26.0 Å². The van der Waals surface area contributed by atoms with Crippen LogP contribution >= 0.6 is 23.2 Å². The summed E-state index contributed by atoms with van der Waals surface area (Å²) in [7, 11) is -3.95. The predicted octanol–water partition coefficient (Wildman–Crippen LogP) is 4.98. The van der Waals surface area contributed by atoms with E-state index in [1.807, 2.05) is 32.9 Å². The lowest BCUT2D eigenvalue weighted by atomic mass is 10.0. The van der Waals surface area contributed by atoms with Crippen LogP contribution in [0.2, 0.25) is 10.0 Å². The highest BCUT2D eigenvalue weighted by Crippen LogP contribution is 2.33. The largest absolute Gasteiger partial charge is 0.481 e. The third-order valence-electron chi connectivity index (χ3n) is 4.12. The van der Waals surface area contributed by atoms with Gasteiger partial charge in [0, 0.05) is 13.0 Å². The Labute approximate surface area is 169 Å². The zero-order valence-corrected chi connectivity index (χ0v) is 17.6. The monoisotopic (exact) mass is 429 g/mol. The fraction of sp³-hybridized carbons (Fsp3) is 0.316. The van der Waals surface area contributed by atoms with E-state index in [0.29, 0.717) is 5.69 Å². The summed E-state index contributed by atoms with van der Waals surface area (Å²) in [4.78, 5) is 10.9. The summed E-state index contributed by atoms with van der Waals surface area (Å²) < 4.78 is 27.9. The Bertz CT molecular complexity index is 951. The molecule has 0 amide bonds. The number of sulfonamides is 1. The molecule has 146 valence electrons. The van der Waals surface area contributed by atoms with E-state index in [-0.39, 0.29) is 34.3 Å². The molecule has 0 aromatic heterocycles. The third-order valence-corrected chi connectivity index (χ3v) is 6.65. The molecule has 0 atom stereocenters. The molecule has 2 aromatic rings. The summed E-state index contributed by atoms with van der Waals surface area (Å²) in [6.07, 6.45) is 0.0555. The number of carboxylic acid groups (broad SMARTS) is 1. The van der Waals surface area contributed by atoms with E-state index in [9.17, 15) is 13.2 Å². The van der Waals surface area contributed by atoms with Crippen LogP contribution in [0.15, 0.2) is 35.2 Å². The first kappa shape index (κ1) is 21.5. The van der Waals surface area contributed by atoms with Crippen molar-refractivity contribution < 1.29 is 18.3 Å². The van der Waals surface area contributed by atoms with E-state index in [1.54, 1.807) is 0 Å². The Morgan fingerprint density at radius 2 is 1.63 bits per heavy atom. The molecule has 0 saturated carbocycles. The van der Waals surface area contributed by atoms with Gasteiger partial charge in [0.05, 0.1) is 20.6 Å². The summed E-state index contributed by atoms with van der Waals surface area (Å²) >= 11 is 11.9. The second kappa shape index (κ2) is 8.50. The molecule has 0 heterocycles. The van der Waals surface area contributed by atoms with Gasteiger partial charge in [0.25, 0.3) is 10.0 Å². The fourth-order valence-corrected chi connectivity index (χ4v) is 5.08. The van der Waals surface area contributed by atoms with E-state index in [0.717, 1.165) is 16.7 Å². The van der Waals surface area contributed by atoms with E-state index in [2.05, 4.69) is 0 Å². The number of carbonyl (C=O) groups is 1. The highest BCUT2D eigenvalue weighted by Gasteiger charge is 2.28. The Morgan fingerprint density at radius 1 is 1.04 bits per heavy atom. The van der Waals surface area contributed by atoms with Crippen molar-refractivity contribution in [2.24, 2.45) is 0 Å². The average Bonchev–Trinajstić information content (AvgIpc) is 2.54. The standard InChI is InChI=1S/C19H21Cl2NO4S/c1-12-9-13(2)19(14(3)10-12)22(8-4-5-18(23)24)27(25,26)15-6-7-16(20)17(21)11-15/h6-7,9-11H,4-5,8H2,1-3H3,(H,23,24). The first-order valence-corrected chi connectivity index (χ1v) is 10.5. The van der Waals surface area contributed by atoms with Gasteiger partial charge in [-0.05, 0) is 56.5 Å². The van der Waals surface area contributed by atoms with E-state index < -0.39 is 16.0 Å². The van der Waals surface area contributed by atoms with Crippen molar-refractivity contribution in [2.45, 2.75) is 38.5 Å². The number of hydrogen-bond donors (Lipinski definition) is 1. The molecule has 0 saturated heterocycles. The van der Waals surface area contributed by atoms with E-state index in [4.69, 9.17) is 28.3 Å². The number of aryl methyl sites for hydroxylation is 3. The average molecular weight is 430 g/mol. The fourth-order valence-electron chi connectivity index (χ4n) is 3.06. The van der Waals surface area contributed by atoms with Crippen LogP contribution in [0.25, 0.3) is 0 Å². The van der Waals surface area contributed by atoms with Crippen LogP contribution in [0.4, 0.5) is 5.69 Å². The molecule has 1 N–H and O–H groups in total. The number of aliphatic carboxylic acids is 1. The molecular weight excluding hydrogens is 409 g/mol. The van der Waals surface area contributed by atoms with Crippen molar-refractivity contribution in [1.29, 1.82) is 0 Å². The van der Waals surface area contributed by atoms with Crippen LogP contribution in [0, 0.1) is 20.8 Å². The SMILES string of the molecule is Cc1cc(C)c(N(CCCC(=O)O)S(=O)(=O)c2ccc(Cl)c(Cl)c2)c(C)c1. The van der Waals surface area contributed by atoms with Gasteiger partial charge in [-0.1, -0.05) is 40.9 Å². The minimum atomic E-state index is -3.95. The zero-order valence-electron chi connectivity index (χ0n) is 15.3. The van der Waals surface area contributed by atoms with Gasteiger partial charge in [-0.25, -0.2) is 8.42 Å². The molecule has 0 radical (unpaired) electrons. The molecule has 0 aliphatic carbocycles. The maximum Gasteiger partial charge on any atom is 0.303 e. The van der Waals surface area contributed by atoms with Gasteiger partial charge in [0.1, 0.15) is 0 Å². The van der Waals surface area contributed by atoms with Crippen molar-refractivity contribution in [3.8, 4) is 0 Å². The van der Waals surface area contributed by atoms with Crippen molar-refractivity contribution in [1.82, 2.24) is 0 Å². The maximum atomic E-state index is 13.3. The van der Waals surface area contributed by atoms with Gasteiger partial charge in [-0.15, -0.1) is 0 Å². The molecule has 2 aromatic carbocycles. The van der Waals surface area contributed by atoms with Gasteiger partial charge in [-0.2, -0.15) is 0 Å². The Kier molecular flexibility index (Phi) is 6.78. The van der Waals surface area contributed by atoms with Crippen molar-refractivity contribution in [3.05, 3.63) is 57.1 Å². The Morgan fingerprint density at radius 3 is 2.15 bits per heavy atom. The van der Waals surface area contributed by atoms with Crippen LogP contribution in [0.1, 0.15) is 29.5 Å². The second-order valence-electron chi connectivity index (χ2n) is 6.40. The topological polar surface area (TPSA) is 74.7 Å². The van der Waals surface area contributed by atoms with Gasteiger partial charge < -0.3 is 5.11 Å². The van der Waals surface area contributed by atoms with Gasteiger partial charge >= 0.3 is 5.97 Å². The smallest absolute Gasteiger partial charge is 0.303 e. The molecule has 0 aliphatic rings. The molecule has 0 spiro atoms. The van der Waals surface area contributed by atoms with E-state index >= 15 is 0 Å². The Balaban J connectivity index is 2.58. The first-order valence-electron chi connectivity index (χ1n) is 8.31. The summed E-state index contributed by atoms with van der Waals surface area (Å²) in [6, 6.07) is 7.93. The predicted molar refractivity (Wildman–Crippen MR) is 109 cm³/mol. The summed E-state index contributed by atoms with van der Waals surface area (Å²) in [6.45, 7) is 5.65. The number of benzene rings is 2. The van der Waals surface area contributed by atoms with Crippen molar-refractivity contribution in [3.63, 3.8) is 0 Å². The zero-order chi connectivity index (χ0) is 20.4. The van der Waals surface area contributed by atoms with Crippen LogP contribution in [-0.2, 0) is 14.8 Å². The summed E-state index contributed by atoms with van der Waals surface area (Å²) in [5.41, 5.74) is 3.17. The minimum Gasteiger partial charge on any atom is -0.481 e. The molecule has 2 rings (SSSR count). The maximum absolute atomic E-state index is 13.3. The first-order chi connectivity index (χ1) is 12.5. The van der Waals surface area contributed by atoms with Gasteiger partial charge in [0.2, 0.25) is 0 Å². The molecule has 0 aliphatic heterocycles. The van der Waals surface area contributed by atoms with Crippen LogP contribution in [0.5, 0.6) is 0 Å². The van der Waals surface area contributed by atoms with Crippen LogP contribution in [0.3, 0.4) is 0 Å². The molecular formula is C19H21Cl2NO4S. The molecule has 0 bridgehead atoms. The normalized spacial score (nSPS) is 11.4. The third kappa shape index (κ3) is 4.94. The lowest BCUT2D eigenvalue weighted by molar-refractivity contribution is -0.137. The highest BCUT2D eigenvalue weighted by atomic mass is 35.5. The molecule has 8 heteroatoms. The quantitative estimate of drug-likeness (QED) is 0.673. The number of halogens is 2. The van der Waals surface area contributed by atoms with Crippen LogP contribution < -0.4 is 4.31 Å². The summed E-state index contributed by atoms with van der Waals surface area (Å²) in [5, 5.41) is 9.33. The second-order valence-corrected chi connectivity index (χ2v) is 9.07.